The number of nitrogens with one attached hydrogen (secondary N) is 2. The summed E-state index contributed by atoms with van der Waals surface area (Å²) < 4.78 is 5.19. The van der Waals surface area contributed by atoms with Crippen LogP contribution in [0.1, 0.15) is 58.2 Å². The van der Waals surface area contributed by atoms with Crippen molar-refractivity contribution in [3.8, 4) is 0 Å². The van der Waals surface area contributed by atoms with Crippen LogP contribution >= 0.6 is 0 Å². The maximum absolute atomic E-state index is 13.2. The van der Waals surface area contributed by atoms with E-state index in [9.17, 15) is 19.2 Å². The van der Waals surface area contributed by atoms with Gasteiger partial charge in [-0.3, -0.25) is 14.4 Å². The van der Waals surface area contributed by atoms with Gasteiger partial charge in [0.2, 0.25) is 17.7 Å². The molecule has 0 saturated heterocycles. The summed E-state index contributed by atoms with van der Waals surface area (Å²) in [4.78, 5) is 51.2. The third-order valence-corrected chi connectivity index (χ3v) is 4.17. The Balaban J connectivity index is 3.24. The van der Waals surface area contributed by atoms with Crippen LogP contribution in [-0.2, 0) is 19.1 Å². The molecule has 0 heterocycles. The number of ether oxygens (including phenoxy) is 1. The maximum Gasteiger partial charge on any atom is 0.408 e. The molecular weight excluding hydrogens is 400 g/mol. The number of primary amides is 1. The van der Waals surface area contributed by atoms with E-state index in [2.05, 4.69) is 10.6 Å². The van der Waals surface area contributed by atoms with Crippen LogP contribution in [-0.4, -0.2) is 53.4 Å². The molecule has 0 spiro atoms. The molecular formula is C22H34N4O5. The fourth-order valence-corrected chi connectivity index (χ4v) is 2.98. The van der Waals surface area contributed by atoms with Crippen LogP contribution in [0.2, 0.25) is 0 Å². The lowest BCUT2D eigenvalue weighted by Gasteiger charge is -2.32. The molecule has 1 rings (SSSR count). The minimum atomic E-state index is -1.28. The van der Waals surface area contributed by atoms with Crippen molar-refractivity contribution in [2.45, 2.75) is 71.7 Å². The van der Waals surface area contributed by atoms with E-state index in [1.165, 1.54) is 11.9 Å². The van der Waals surface area contributed by atoms with Gasteiger partial charge >= 0.3 is 6.09 Å². The average Bonchev–Trinajstić information content (AvgIpc) is 2.58. The normalized spacial score (nSPS) is 13.2. The van der Waals surface area contributed by atoms with Crippen molar-refractivity contribution in [2.24, 2.45) is 5.73 Å². The van der Waals surface area contributed by atoms with E-state index in [0.29, 0.717) is 5.56 Å². The number of carbonyl (C=O) groups is 4. The van der Waals surface area contributed by atoms with E-state index in [1.807, 2.05) is 26.8 Å². The molecule has 0 fully saturated rings. The smallest absolute Gasteiger partial charge is 0.408 e. The first-order chi connectivity index (χ1) is 14.2. The van der Waals surface area contributed by atoms with Gasteiger partial charge in [0.05, 0.1) is 6.42 Å². The van der Waals surface area contributed by atoms with Crippen molar-refractivity contribution >= 4 is 23.8 Å². The highest BCUT2D eigenvalue weighted by atomic mass is 16.6. The zero-order chi connectivity index (χ0) is 23.9. The van der Waals surface area contributed by atoms with Gasteiger partial charge in [-0.2, -0.15) is 0 Å². The number of alkyl carbamates (subject to hydrolysis) is 1. The van der Waals surface area contributed by atoms with Crippen molar-refractivity contribution in [1.82, 2.24) is 15.5 Å². The van der Waals surface area contributed by atoms with Crippen molar-refractivity contribution in [1.29, 1.82) is 0 Å². The molecule has 9 nitrogen and oxygen atoms in total. The number of nitrogens with zero attached hydrogens (tertiary/aromatic N) is 1. The molecule has 0 aliphatic carbocycles. The Morgan fingerprint density at radius 1 is 1.13 bits per heavy atom. The maximum atomic E-state index is 13.2. The lowest BCUT2D eigenvalue weighted by atomic mass is 10.0. The van der Waals surface area contributed by atoms with Gasteiger partial charge in [0.15, 0.2) is 0 Å². The van der Waals surface area contributed by atoms with Crippen molar-refractivity contribution in [2.75, 3.05) is 7.05 Å². The lowest BCUT2D eigenvalue weighted by molar-refractivity contribution is -0.141. The molecule has 1 aromatic rings. The summed E-state index contributed by atoms with van der Waals surface area (Å²) in [6.07, 6.45) is -1.30. The van der Waals surface area contributed by atoms with Gasteiger partial charge in [-0.25, -0.2) is 4.79 Å². The first-order valence-corrected chi connectivity index (χ1v) is 10.1. The highest BCUT2D eigenvalue weighted by Gasteiger charge is 2.35. The highest BCUT2D eigenvalue weighted by Crippen LogP contribution is 2.22. The summed E-state index contributed by atoms with van der Waals surface area (Å²) in [5, 5.41) is 5.21. The van der Waals surface area contributed by atoms with Crippen LogP contribution < -0.4 is 16.4 Å². The number of amides is 4. The van der Waals surface area contributed by atoms with Gasteiger partial charge in [0.1, 0.15) is 17.7 Å². The largest absolute Gasteiger partial charge is 0.444 e. The van der Waals surface area contributed by atoms with Crippen LogP contribution in [0, 0.1) is 6.92 Å². The Kier molecular flexibility index (Phi) is 9.02. The molecule has 172 valence electrons. The fraction of sp³-hybridized carbons (Fsp3) is 0.545. The Morgan fingerprint density at radius 2 is 1.74 bits per heavy atom. The monoisotopic (exact) mass is 434 g/mol. The quantitative estimate of drug-likeness (QED) is 0.574. The van der Waals surface area contributed by atoms with Gasteiger partial charge in [0, 0.05) is 13.1 Å². The molecule has 0 bridgehead atoms. The zero-order valence-electron chi connectivity index (χ0n) is 19.3. The van der Waals surface area contributed by atoms with Gasteiger partial charge in [-0.05, 0) is 47.1 Å². The number of carbonyl (C=O) groups excluding carboxylic acids is 4. The summed E-state index contributed by atoms with van der Waals surface area (Å²) in [6.45, 7) is 10.5. The number of benzene rings is 1. The van der Waals surface area contributed by atoms with Crippen molar-refractivity contribution in [3.05, 3.63) is 35.4 Å². The molecule has 0 radical (unpaired) electrons. The Labute approximate surface area is 183 Å². The average molecular weight is 435 g/mol. The Hall–Kier alpha value is -3.10. The topological polar surface area (TPSA) is 131 Å². The van der Waals surface area contributed by atoms with Crippen molar-refractivity contribution in [3.63, 3.8) is 0 Å². The van der Waals surface area contributed by atoms with Gasteiger partial charge in [0.25, 0.3) is 0 Å². The SMILES string of the molecule is Cc1cccc(C(C(=O)NC(C)C)N(C)C(=O)C(CC(N)=O)NC(=O)OC(C)(C)C)c1. The first kappa shape index (κ1) is 25.9. The number of nitrogens with two attached hydrogens (primary N) is 1. The molecule has 0 aromatic heterocycles. The summed E-state index contributed by atoms with van der Waals surface area (Å²) in [5.41, 5.74) is 6.01. The second-order valence-electron chi connectivity index (χ2n) is 8.80. The van der Waals surface area contributed by atoms with E-state index in [1.54, 1.807) is 39.0 Å². The fourth-order valence-electron chi connectivity index (χ4n) is 2.98. The highest BCUT2D eigenvalue weighted by molar-refractivity contribution is 5.94. The molecule has 9 heteroatoms. The molecule has 0 aliphatic heterocycles. The van der Waals surface area contributed by atoms with Crippen LogP contribution in [0.4, 0.5) is 4.79 Å². The van der Waals surface area contributed by atoms with Crippen LogP contribution in [0.15, 0.2) is 24.3 Å². The Morgan fingerprint density at radius 3 is 2.23 bits per heavy atom. The third-order valence-electron chi connectivity index (χ3n) is 4.17. The predicted molar refractivity (Wildman–Crippen MR) is 117 cm³/mol. The first-order valence-electron chi connectivity index (χ1n) is 10.1. The lowest BCUT2D eigenvalue weighted by Crippen LogP contribution is -2.53. The molecule has 0 aliphatic rings. The molecule has 2 unspecified atom stereocenters. The molecule has 4 amide bonds. The number of aryl methyl sites for hydroxylation is 1. The Bertz CT molecular complexity index is 816. The molecule has 1 aromatic carbocycles. The van der Waals surface area contributed by atoms with Crippen LogP contribution in [0.25, 0.3) is 0 Å². The molecule has 0 saturated carbocycles. The number of rotatable bonds is 8. The number of hydrogen-bond acceptors (Lipinski definition) is 5. The number of likely N-dealkylation sites (N-methyl/N-ethyl adjacent to an activating group) is 1. The summed E-state index contributed by atoms with van der Waals surface area (Å²) in [7, 11) is 1.44. The summed E-state index contributed by atoms with van der Waals surface area (Å²) in [5.74, 6) is -1.80. The molecule has 2 atom stereocenters. The van der Waals surface area contributed by atoms with Crippen LogP contribution in [0.3, 0.4) is 0 Å². The van der Waals surface area contributed by atoms with E-state index in [-0.39, 0.29) is 11.9 Å². The van der Waals surface area contributed by atoms with E-state index in [4.69, 9.17) is 10.5 Å². The van der Waals surface area contributed by atoms with Gasteiger partial charge < -0.3 is 26.0 Å². The van der Waals surface area contributed by atoms with Crippen LogP contribution in [0.5, 0.6) is 0 Å². The van der Waals surface area contributed by atoms with Crippen molar-refractivity contribution < 1.29 is 23.9 Å². The minimum absolute atomic E-state index is 0.149. The second-order valence-corrected chi connectivity index (χ2v) is 8.80. The third kappa shape index (κ3) is 8.65. The van der Waals surface area contributed by atoms with Gasteiger partial charge in [-0.1, -0.05) is 29.8 Å². The zero-order valence-corrected chi connectivity index (χ0v) is 19.3. The number of hydrogen-bond donors (Lipinski definition) is 3. The van der Waals surface area contributed by atoms with E-state index >= 15 is 0 Å². The van der Waals surface area contributed by atoms with E-state index < -0.39 is 42.0 Å². The summed E-state index contributed by atoms with van der Waals surface area (Å²) >= 11 is 0. The molecule has 31 heavy (non-hydrogen) atoms. The standard InChI is InChI=1S/C22H34N4O5/c1-13(2)24-19(28)18(15-10-8-9-14(3)11-15)26(7)20(29)16(12-17(23)27)25-21(30)31-22(4,5)6/h8-11,13,16,18H,12H2,1-7H3,(H2,23,27)(H,24,28)(H,25,30). The predicted octanol–water partition coefficient (Wildman–Crippen LogP) is 1.79. The minimum Gasteiger partial charge on any atom is -0.444 e. The summed E-state index contributed by atoms with van der Waals surface area (Å²) in [6, 6.07) is 4.82. The van der Waals surface area contributed by atoms with Gasteiger partial charge in [-0.15, -0.1) is 0 Å². The molecule has 4 N–H and O–H groups in total. The van der Waals surface area contributed by atoms with E-state index in [0.717, 1.165) is 5.56 Å². The second kappa shape index (κ2) is 10.8.